The third-order valence-electron chi connectivity index (χ3n) is 3.85. The van der Waals surface area contributed by atoms with E-state index in [-0.39, 0.29) is 18.3 Å². The van der Waals surface area contributed by atoms with E-state index in [2.05, 4.69) is 10.6 Å². The Morgan fingerprint density at radius 2 is 1.76 bits per heavy atom. The first kappa shape index (κ1) is 19.1. The molecule has 0 heterocycles. The van der Waals surface area contributed by atoms with Gasteiger partial charge in [0.25, 0.3) is 0 Å². The average Bonchev–Trinajstić information content (AvgIpc) is 3.41. The van der Waals surface area contributed by atoms with Crippen molar-refractivity contribution >= 4 is 24.0 Å². The Balaban J connectivity index is 0.00000225. The van der Waals surface area contributed by atoms with Gasteiger partial charge in [0, 0.05) is 5.69 Å². The fourth-order valence-electron chi connectivity index (χ4n) is 2.35. The molecule has 1 saturated carbocycles. The highest BCUT2D eigenvalue weighted by atomic mass is 35.5. The van der Waals surface area contributed by atoms with Crippen molar-refractivity contribution in [2.24, 2.45) is 5.92 Å². The van der Waals surface area contributed by atoms with Crippen LogP contribution in [0.2, 0.25) is 0 Å². The molecule has 0 aromatic heterocycles. The topological polar surface area (TPSA) is 59.6 Å². The molecule has 3 rings (SSSR count). The van der Waals surface area contributed by atoms with Crippen molar-refractivity contribution in [3.8, 4) is 17.2 Å². The molecule has 0 atom stereocenters. The van der Waals surface area contributed by atoms with E-state index in [1.165, 1.54) is 12.8 Å². The van der Waals surface area contributed by atoms with Crippen LogP contribution in [0.4, 0.5) is 5.69 Å². The minimum atomic E-state index is -0.0333. The summed E-state index contributed by atoms with van der Waals surface area (Å²) in [6.45, 7) is 1.27. The van der Waals surface area contributed by atoms with Gasteiger partial charge in [-0.3, -0.25) is 4.79 Å². The number of rotatable bonds is 8. The normalized spacial score (nSPS) is 12.8. The number of nitrogens with one attached hydrogen (secondary N) is 2. The summed E-state index contributed by atoms with van der Waals surface area (Å²) < 4.78 is 11.1. The Hall–Kier alpha value is -2.24. The Morgan fingerprint density at radius 3 is 2.40 bits per heavy atom. The summed E-state index contributed by atoms with van der Waals surface area (Å²) in [6.07, 6.45) is 2.56. The Kier molecular flexibility index (Phi) is 7.10. The van der Waals surface area contributed by atoms with Crippen molar-refractivity contribution < 1.29 is 14.3 Å². The summed E-state index contributed by atoms with van der Waals surface area (Å²) in [5.74, 6) is 2.75. The van der Waals surface area contributed by atoms with E-state index < -0.39 is 0 Å². The van der Waals surface area contributed by atoms with E-state index in [1.807, 2.05) is 48.5 Å². The van der Waals surface area contributed by atoms with Gasteiger partial charge in [0.1, 0.15) is 5.75 Å². The molecular formula is C19H23ClN2O3. The van der Waals surface area contributed by atoms with Crippen molar-refractivity contribution in [3.63, 3.8) is 0 Å². The molecule has 1 aliphatic carbocycles. The number of ether oxygens (including phenoxy) is 2. The molecule has 2 aromatic rings. The zero-order valence-electron chi connectivity index (χ0n) is 14.2. The van der Waals surface area contributed by atoms with E-state index in [0.717, 1.165) is 18.2 Å². The number of carbonyl (C=O) groups is 1. The lowest BCUT2D eigenvalue weighted by Crippen LogP contribution is -2.29. The minimum absolute atomic E-state index is 0. The number of para-hydroxylation sites is 2. The molecule has 5 nitrogen and oxygen atoms in total. The number of anilines is 1. The van der Waals surface area contributed by atoms with Gasteiger partial charge >= 0.3 is 0 Å². The first-order valence-corrected chi connectivity index (χ1v) is 8.16. The maximum atomic E-state index is 11.9. The quantitative estimate of drug-likeness (QED) is 0.748. The minimum Gasteiger partial charge on any atom is -0.493 e. The number of carbonyl (C=O) groups excluding carboxylic acids is 1. The summed E-state index contributed by atoms with van der Waals surface area (Å²) in [5, 5.41) is 6.04. The van der Waals surface area contributed by atoms with Crippen LogP contribution in [0.5, 0.6) is 17.2 Å². The number of hydrogen-bond acceptors (Lipinski definition) is 4. The van der Waals surface area contributed by atoms with Crippen molar-refractivity contribution in [1.29, 1.82) is 0 Å². The summed E-state index contributed by atoms with van der Waals surface area (Å²) >= 11 is 0. The molecule has 0 spiro atoms. The van der Waals surface area contributed by atoms with E-state index in [0.29, 0.717) is 23.8 Å². The molecule has 0 saturated heterocycles. The van der Waals surface area contributed by atoms with Crippen LogP contribution < -0.4 is 20.1 Å². The van der Waals surface area contributed by atoms with Gasteiger partial charge < -0.3 is 20.1 Å². The van der Waals surface area contributed by atoms with Crippen molar-refractivity contribution in [3.05, 3.63) is 48.5 Å². The summed E-state index contributed by atoms with van der Waals surface area (Å²) in [5.41, 5.74) is 0.751. The molecular weight excluding hydrogens is 340 g/mol. The van der Waals surface area contributed by atoms with Crippen LogP contribution in [-0.2, 0) is 4.79 Å². The second-order valence-corrected chi connectivity index (χ2v) is 5.90. The Bertz CT molecular complexity index is 687. The van der Waals surface area contributed by atoms with Crippen molar-refractivity contribution in [2.75, 3.05) is 25.5 Å². The van der Waals surface area contributed by atoms with Gasteiger partial charge in [-0.15, -0.1) is 12.4 Å². The van der Waals surface area contributed by atoms with Crippen LogP contribution in [0.25, 0.3) is 0 Å². The molecule has 25 heavy (non-hydrogen) atoms. The zero-order valence-corrected chi connectivity index (χ0v) is 15.0. The highest BCUT2D eigenvalue weighted by Gasteiger charge is 2.20. The molecule has 0 unspecified atom stereocenters. The fourth-order valence-corrected chi connectivity index (χ4v) is 2.35. The summed E-state index contributed by atoms with van der Waals surface area (Å²) in [4.78, 5) is 11.9. The molecule has 1 amide bonds. The predicted octanol–water partition coefficient (Wildman–Crippen LogP) is 3.85. The smallest absolute Gasteiger partial charge is 0.238 e. The first-order valence-electron chi connectivity index (χ1n) is 8.16. The van der Waals surface area contributed by atoms with Gasteiger partial charge in [-0.2, -0.15) is 0 Å². The van der Waals surface area contributed by atoms with Gasteiger partial charge in [-0.05, 0) is 61.7 Å². The zero-order chi connectivity index (χ0) is 16.8. The number of amides is 1. The lowest BCUT2D eigenvalue weighted by Gasteiger charge is -2.11. The van der Waals surface area contributed by atoms with Gasteiger partial charge in [-0.1, -0.05) is 12.1 Å². The highest BCUT2D eigenvalue weighted by molar-refractivity contribution is 5.92. The molecule has 1 fully saturated rings. The Morgan fingerprint density at radius 1 is 1.08 bits per heavy atom. The summed E-state index contributed by atoms with van der Waals surface area (Å²) in [6, 6.07) is 14.8. The van der Waals surface area contributed by atoms with Crippen LogP contribution in [0.1, 0.15) is 12.8 Å². The van der Waals surface area contributed by atoms with Crippen molar-refractivity contribution in [1.82, 2.24) is 5.32 Å². The second-order valence-electron chi connectivity index (χ2n) is 5.90. The molecule has 0 aliphatic heterocycles. The van der Waals surface area contributed by atoms with E-state index in [1.54, 1.807) is 7.11 Å². The molecule has 0 radical (unpaired) electrons. The first-order chi connectivity index (χ1) is 11.7. The third kappa shape index (κ3) is 5.96. The molecule has 134 valence electrons. The number of benzene rings is 2. The average molecular weight is 363 g/mol. The van der Waals surface area contributed by atoms with Crippen LogP contribution in [0.3, 0.4) is 0 Å². The van der Waals surface area contributed by atoms with Gasteiger partial charge in [0.2, 0.25) is 5.91 Å². The monoisotopic (exact) mass is 362 g/mol. The summed E-state index contributed by atoms with van der Waals surface area (Å²) in [7, 11) is 1.61. The highest BCUT2D eigenvalue weighted by Crippen LogP contribution is 2.31. The van der Waals surface area contributed by atoms with E-state index in [9.17, 15) is 4.79 Å². The van der Waals surface area contributed by atoms with Gasteiger partial charge in [0.05, 0.1) is 13.7 Å². The fraction of sp³-hybridized carbons (Fsp3) is 0.316. The molecule has 1 aliphatic rings. The number of hydrogen-bond donors (Lipinski definition) is 2. The third-order valence-corrected chi connectivity index (χ3v) is 3.85. The maximum absolute atomic E-state index is 11.9. The van der Waals surface area contributed by atoms with Crippen LogP contribution >= 0.6 is 12.4 Å². The maximum Gasteiger partial charge on any atom is 0.238 e. The second kappa shape index (κ2) is 9.30. The van der Waals surface area contributed by atoms with Crippen LogP contribution in [0.15, 0.2) is 48.5 Å². The lowest BCUT2D eigenvalue weighted by molar-refractivity contribution is -0.115. The van der Waals surface area contributed by atoms with E-state index in [4.69, 9.17) is 9.47 Å². The molecule has 2 aromatic carbocycles. The number of methoxy groups -OCH3 is 1. The van der Waals surface area contributed by atoms with Gasteiger partial charge in [-0.25, -0.2) is 0 Å². The molecule has 0 bridgehead atoms. The van der Waals surface area contributed by atoms with Gasteiger partial charge in [0.15, 0.2) is 11.5 Å². The lowest BCUT2D eigenvalue weighted by atomic mass is 10.3. The number of halogens is 1. The molecule has 6 heteroatoms. The Labute approximate surface area is 154 Å². The molecule has 2 N–H and O–H groups in total. The van der Waals surface area contributed by atoms with E-state index >= 15 is 0 Å². The standard InChI is InChI=1S/C19H22N2O3.ClH/c1-23-17-4-2-3-5-18(17)24-16-10-8-15(9-11-16)21-19(22)13-20-12-14-6-7-14;/h2-5,8-11,14,20H,6-7,12-13H2,1H3,(H,21,22);1H. The predicted molar refractivity (Wildman–Crippen MR) is 101 cm³/mol. The van der Waals surface area contributed by atoms with Crippen LogP contribution in [-0.4, -0.2) is 26.1 Å². The van der Waals surface area contributed by atoms with Crippen LogP contribution in [0, 0.1) is 5.92 Å². The largest absolute Gasteiger partial charge is 0.493 e. The van der Waals surface area contributed by atoms with Crippen molar-refractivity contribution in [2.45, 2.75) is 12.8 Å². The SMILES string of the molecule is COc1ccccc1Oc1ccc(NC(=O)CNCC2CC2)cc1.Cl.